The first-order chi connectivity index (χ1) is 7.99. The molecule has 17 heavy (non-hydrogen) atoms. The van der Waals surface area contributed by atoms with Crippen molar-refractivity contribution in [2.24, 2.45) is 0 Å². The van der Waals surface area contributed by atoms with Crippen LogP contribution in [0.3, 0.4) is 0 Å². The molecule has 1 aromatic heterocycles. The predicted octanol–water partition coefficient (Wildman–Crippen LogP) is 5.04. The largest absolute Gasteiger partial charge is 0.384 e. The Hall–Kier alpha value is -0.130. The summed E-state index contributed by atoms with van der Waals surface area (Å²) in [6, 6.07) is 6.01. The van der Waals surface area contributed by atoms with Crippen LogP contribution in [0.25, 0.3) is 0 Å². The van der Waals surface area contributed by atoms with Gasteiger partial charge in [0.25, 0.3) is 0 Å². The molecule has 0 fully saturated rings. The molecule has 0 radical (unpaired) electrons. The van der Waals surface area contributed by atoms with E-state index in [0.717, 1.165) is 0 Å². The first-order valence-electron chi connectivity index (χ1n) is 4.57. The molecule has 0 saturated carbocycles. The minimum Gasteiger partial charge on any atom is -0.384 e. The fraction of sp³-hybridized carbons (Fsp3) is 0.0909. The molecule has 1 nitrogen and oxygen atoms in total. The lowest BCUT2D eigenvalue weighted by atomic mass is 10.0. The van der Waals surface area contributed by atoms with E-state index < -0.39 is 11.9 Å². The number of rotatable bonds is 2. The summed E-state index contributed by atoms with van der Waals surface area (Å²) in [7, 11) is 0. The smallest absolute Gasteiger partial charge is 0.137 e. The van der Waals surface area contributed by atoms with Crippen LogP contribution in [0, 0.1) is 5.82 Å². The van der Waals surface area contributed by atoms with Gasteiger partial charge in [0.05, 0.1) is 8.81 Å². The molecule has 1 atom stereocenters. The van der Waals surface area contributed by atoms with E-state index in [-0.39, 0.29) is 0 Å². The number of aliphatic hydroxyl groups is 1. The molecule has 2 rings (SSSR count). The van der Waals surface area contributed by atoms with Crippen LogP contribution < -0.4 is 0 Å². The Bertz CT molecular complexity index is 558. The molecule has 0 aliphatic heterocycles. The highest BCUT2D eigenvalue weighted by molar-refractivity contribution is 9.10. The molecule has 90 valence electrons. The van der Waals surface area contributed by atoms with Gasteiger partial charge >= 0.3 is 0 Å². The van der Waals surface area contributed by atoms with Crippen LogP contribution in [-0.4, -0.2) is 5.11 Å². The summed E-state index contributed by atoms with van der Waals surface area (Å²) < 4.78 is 14.6. The van der Waals surface area contributed by atoms with Gasteiger partial charge in [-0.2, -0.15) is 0 Å². The van der Waals surface area contributed by atoms with Crippen LogP contribution in [0.5, 0.6) is 0 Å². The van der Waals surface area contributed by atoms with Gasteiger partial charge in [0.2, 0.25) is 0 Å². The topological polar surface area (TPSA) is 20.2 Å². The van der Waals surface area contributed by atoms with Crippen LogP contribution in [-0.2, 0) is 0 Å². The highest BCUT2D eigenvalue weighted by atomic mass is 79.9. The van der Waals surface area contributed by atoms with Gasteiger partial charge in [0.15, 0.2) is 0 Å². The molecule has 1 unspecified atom stereocenters. The SMILES string of the molecule is OC(c1ccc(Br)c(F)c1)c1cc(Cl)sc1Cl. The lowest BCUT2D eigenvalue weighted by Crippen LogP contribution is -1.99. The molecule has 2 aromatic rings. The van der Waals surface area contributed by atoms with E-state index in [1.807, 2.05) is 0 Å². The van der Waals surface area contributed by atoms with E-state index in [4.69, 9.17) is 23.2 Å². The van der Waals surface area contributed by atoms with E-state index in [9.17, 15) is 9.50 Å². The zero-order chi connectivity index (χ0) is 12.6. The van der Waals surface area contributed by atoms with E-state index in [1.54, 1.807) is 12.1 Å². The van der Waals surface area contributed by atoms with Crippen molar-refractivity contribution in [1.29, 1.82) is 0 Å². The van der Waals surface area contributed by atoms with Gasteiger partial charge in [-0.1, -0.05) is 29.3 Å². The second kappa shape index (κ2) is 5.24. The van der Waals surface area contributed by atoms with Gasteiger partial charge in [-0.25, -0.2) is 4.39 Å². The lowest BCUT2D eigenvalue weighted by Gasteiger charge is -2.10. The summed E-state index contributed by atoms with van der Waals surface area (Å²) in [6.45, 7) is 0. The van der Waals surface area contributed by atoms with Crippen molar-refractivity contribution in [3.05, 3.63) is 54.4 Å². The van der Waals surface area contributed by atoms with Crippen molar-refractivity contribution in [2.45, 2.75) is 6.10 Å². The quantitative estimate of drug-likeness (QED) is 0.800. The van der Waals surface area contributed by atoms with Crippen LogP contribution in [0.2, 0.25) is 8.67 Å². The highest BCUT2D eigenvalue weighted by Gasteiger charge is 2.18. The number of benzene rings is 1. The number of aliphatic hydroxyl groups excluding tert-OH is 1. The summed E-state index contributed by atoms with van der Waals surface area (Å²) in [5.41, 5.74) is 0.922. The second-order valence-corrected chi connectivity index (χ2v) is 6.50. The normalized spacial score (nSPS) is 12.8. The van der Waals surface area contributed by atoms with Crippen molar-refractivity contribution < 1.29 is 9.50 Å². The van der Waals surface area contributed by atoms with Gasteiger partial charge in [0, 0.05) is 5.56 Å². The van der Waals surface area contributed by atoms with Crippen LogP contribution >= 0.6 is 50.5 Å². The molecule has 0 aliphatic carbocycles. The van der Waals surface area contributed by atoms with Crippen LogP contribution in [0.15, 0.2) is 28.7 Å². The maximum atomic E-state index is 13.3. The molecule has 0 saturated heterocycles. The maximum absolute atomic E-state index is 13.3. The predicted molar refractivity (Wildman–Crippen MR) is 72.5 cm³/mol. The Morgan fingerprint density at radius 2 is 2.00 bits per heavy atom. The third kappa shape index (κ3) is 2.83. The molecule has 1 N–H and O–H groups in total. The number of hydrogen-bond acceptors (Lipinski definition) is 2. The lowest BCUT2D eigenvalue weighted by molar-refractivity contribution is 0.220. The average Bonchev–Trinajstić information content (AvgIpc) is 2.61. The van der Waals surface area contributed by atoms with Crippen molar-refractivity contribution in [1.82, 2.24) is 0 Å². The summed E-state index contributed by atoms with van der Waals surface area (Å²) in [5, 5.41) is 10.1. The first kappa shape index (κ1) is 13.3. The van der Waals surface area contributed by atoms with Gasteiger partial charge in [-0.3, -0.25) is 0 Å². The molecule has 0 aliphatic rings. The van der Waals surface area contributed by atoms with E-state index in [0.29, 0.717) is 24.3 Å². The average molecular weight is 356 g/mol. The molecule has 0 amide bonds. The monoisotopic (exact) mass is 354 g/mol. The Kier molecular flexibility index (Phi) is 4.10. The first-order valence-corrected chi connectivity index (χ1v) is 6.93. The van der Waals surface area contributed by atoms with E-state index >= 15 is 0 Å². The van der Waals surface area contributed by atoms with Gasteiger partial charge < -0.3 is 5.11 Å². The molecule has 1 aromatic carbocycles. The fourth-order valence-electron chi connectivity index (χ4n) is 1.40. The molecule has 6 heteroatoms. The molecular weight excluding hydrogens is 350 g/mol. The summed E-state index contributed by atoms with van der Waals surface area (Å²) in [4.78, 5) is 0. The minimum atomic E-state index is -0.978. The standard InChI is InChI=1S/C11H6BrCl2FOS/c12-7-2-1-5(3-8(7)15)10(16)6-4-9(13)17-11(6)14/h1-4,10,16H. The number of halogens is 4. The third-order valence-electron chi connectivity index (χ3n) is 2.24. The van der Waals surface area contributed by atoms with Crippen molar-refractivity contribution in [2.75, 3.05) is 0 Å². The van der Waals surface area contributed by atoms with Gasteiger partial charge in [0.1, 0.15) is 16.3 Å². The Morgan fingerprint density at radius 1 is 1.29 bits per heavy atom. The minimum absolute atomic E-state index is 0.350. The summed E-state index contributed by atoms with van der Waals surface area (Å²) in [6.07, 6.45) is -0.978. The van der Waals surface area contributed by atoms with Crippen molar-refractivity contribution >= 4 is 50.5 Å². The van der Waals surface area contributed by atoms with Gasteiger partial charge in [-0.05, 0) is 39.7 Å². The van der Waals surface area contributed by atoms with Crippen molar-refractivity contribution in [3.63, 3.8) is 0 Å². The number of thiophene rings is 1. The summed E-state index contributed by atoms with van der Waals surface area (Å²) in [5.74, 6) is -0.431. The molecule has 0 bridgehead atoms. The zero-order valence-electron chi connectivity index (χ0n) is 8.25. The molecule has 0 spiro atoms. The number of hydrogen-bond donors (Lipinski definition) is 1. The second-order valence-electron chi connectivity index (χ2n) is 3.36. The molecular formula is C11H6BrCl2FOS. The Balaban J connectivity index is 2.40. The highest BCUT2D eigenvalue weighted by Crippen LogP contribution is 2.37. The van der Waals surface area contributed by atoms with Crippen LogP contribution in [0.4, 0.5) is 4.39 Å². The third-order valence-corrected chi connectivity index (χ3v) is 4.40. The van der Waals surface area contributed by atoms with E-state index in [2.05, 4.69) is 15.9 Å². The Morgan fingerprint density at radius 3 is 2.53 bits per heavy atom. The van der Waals surface area contributed by atoms with E-state index in [1.165, 1.54) is 23.5 Å². The van der Waals surface area contributed by atoms with Gasteiger partial charge in [-0.15, -0.1) is 11.3 Å². The maximum Gasteiger partial charge on any atom is 0.137 e. The molecule has 1 heterocycles. The Labute approximate surface area is 120 Å². The van der Waals surface area contributed by atoms with Crippen molar-refractivity contribution in [3.8, 4) is 0 Å². The fourth-order valence-corrected chi connectivity index (χ4v) is 3.17. The zero-order valence-corrected chi connectivity index (χ0v) is 12.2. The van der Waals surface area contributed by atoms with Crippen LogP contribution in [0.1, 0.15) is 17.2 Å². The summed E-state index contributed by atoms with van der Waals surface area (Å²) >= 11 is 15.9.